The van der Waals surface area contributed by atoms with E-state index in [9.17, 15) is 9.90 Å². The summed E-state index contributed by atoms with van der Waals surface area (Å²) in [5, 5.41) is 18.0. The monoisotopic (exact) mass is 312 g/mol. The number of aromatic nitrogens is 3. The average Bonchev–Trinajstić information content (AvgIpc) is 3.23. The Labute approximate surface area is 129 Å². The van der Waals surface area contributed by atoms with Crippen LogP contribution in [-0.2, 0) is 4.79 Å². The molecule has 118 valence electrons. The van der Waals surface area contributed by atoms with Crippen LogP contribution < -0.4 is 0 Å². The second kappa shape index (κ2) is 7.79. The van der Waals surface area contributed by atoms with Crippen LogP contribution >= 0.6 is 11.8 Å². The lowest BCUT2D eigenvalue weighted by Crippen LogP contribution is -2.42. The Bertz CT molecular complexity index is 458. The van der Waals surface area contributed by atoms with Crippen LogP contribution in [0.1, 0.15) is 45.6 Å². The number of carbonyl (C=O) groups excluding carboxylic acids is 1. The van der Waals surface area contributed by atoms with Gasteiger partial charge in [-0.15, -0.1) is 10.2 Å². The summed E-state index contributed by atoms with van der Waals surface area (Å²) in [5.41, 5.74) is 0. The van der Waals surface area contributed by atoms with Crippen LogP contribution in [0, 0.1) is 0 Å². The second-order valence-electron chi connectivity index (χ2n) is 5.32. The predicted molar refractivity (Wildman–Crippen MR) is 82.2 cm³/mol. The number of carbonyl (C=O) groups is 1. The summed E-state index contributed by atoms with van der Waals surface area (Å²) >= 11 is 1.44. The zero-order valence-corrected chi connectivity index (χ0v) is 13.6. The highest BCUT2D eigenvalue weighted by molar-refractivity contribution is 7.99. The SMILES string of the molecule is CCC(CC)N(CCO)C(=O)CSc1nncn1C1CC1. The average molecular weight is 312 g/mol. The van der Waals surface area contributed by atoms with Gasteiger partial charge in [0.2, 0.25) is 5.91 Å². The Morgan fingerprint density at radius 2 is 2.24 bits per heavy atom. The van der Waals surface area contributed by atoms with E-state index in [1.807, 2.05) is 0 Å². The summed E-state index contributed by atoms with van der Waals surface area (Å²) in [5.74, 6) is 0.412. The van der Waals surface area contributed by atoms with Gasteiger partial charge in [-0.3, -0.25) is 4.79 Å². The molecule has 0 radical (unpaired) electrons. The van der Waals surface area contributed by atoms with Crippen LogP contribution in [0.15, 0.2) is 11.5 Å². The lowest BCUT2D eigenvalue weighted by molar-refractivity contribution is -0.131. The van der Waals surface area contributed by atoms with Crippen molar-refractivity contribution in [2.45, 2.75) is 56.8 Å². The predicted octanol–water partition coefficient (Wildman–Crippen LogP) is 1.71. The molecular weight excluding hydrogens is 288 g/mol. The van der Waals surface area contributed by atoms with Gasteiger partial charge in [0.1, 0.15) is 6.33 Å². The molecule has 1 saturated carbocycles. The Morgan fingerprint density at radius 3 is 2.81 bits per heavy atom. The first-order valence-corrected chi connectivity index (χ1v) is 8.62. The standard InChI is InChI=1S/C14H24N4O2S/c1-3-11(4-2)17(7-8-19)13(20)9-21-14-16-15-10-18(14)12-5-6-12/h10-12,19H,3-9H2,1-2H3. The Balaban J connectivity index is 1.93. The highest BCUT2D eigenvalue weighted by Gasteiger charge is 2.27. The van der Waals surface area contributed by atoms with Gasteiger partial charge < -0.3 is 14.6 Å². The smallest absolute Gasteiger partial charge is 0.233 e. The quantitative estimate of drug-likeness (QED) is 0.703. The molecule has 0 bridgehead atoms. The van der Waals surface area contributed by atoms with Crippen molar-refractivity contribution in [2.24, 2.45) is 0 Å². The van der Waals surface area contributed by atoms with Gasteiger partial charge in [0.25, 0.3) is 0 Å². The molecule has 0 atom stereocenters. The van der Waals surface area contributed by atoms with Crippen LogP contribution in [0.3, 0.4) is 0 Å². The van der Waals surface area contributed by atoms with Crippen LogP contribution in [0.25, 0.3) is 0 Å². The molecule has 1 heterocycles. The minimum atomic E-state index is 0.00512. The van der Waals surface area contributed by atoms with E-state index in [1.165, 1.54) is 24.6 Å². The largest absolute Gasteiger partial charge is 0.395 e. The van der Waals surface area contributed by atoms with Crippen molar-refractivity contribution in [3.63, 3.8) is 0 Å². The molecule has 21 heavy (non-hydrogen) atoms. The molecule has 1 aromatic rings. The zero-order valence-electron chi connectivity index (χ0n) is 12.7. The third-order valence-electron chi connectivity index (χ3n) is 3.85. The minimum absolute atomic E-state index is 0.00512. The highest BCUT2D eigenvalue weighted by atomic mass is 32.2. The number of amides is 1. The minimum Gasteiger partial charge on any atom is -0.395 e. The molecule has 1 N–H and O–H groups in total. The van der Waals surface area contributed by atoms with Gasteiger partial charge in [0, 0.05) is 18.6 Å². The van der Waals surface area contributed by atoms with Gasteiger partial charge in [0.05, 0.1) is 12.4 Å². The van der Waals surface area contributed by atoms with Gasteiger partial charge in [0.15, 0.2) is 5.16 Å². The number of aliphatic hydroxyl groups is 1. The van der Waals surface area contributed by atoms with Crippen LogP contribution in [0.5, 0.6) is 0 Å². The van der Waals surface area contributed by atoms with Crippen molar-refractivity contribution in [1.29, 1.82) is 0 Å². The van der Waals surface area contributed by atoms with Gasteiger partial charge in [-0.1, -0.05) is 25.6 Å². The highest BCUT2D eigenvalue weighted by Crippen LogP contribution is 2.37. The van der Waals surface area contributed by atoms with Gasteiger partial charge >= 0.3 is 0 Å². The fraction of sp³-hybridized carbons (Fsp3) is 0.786. The van der Waals surface area contributed by atoms with E-state index in [0.29, 0.717) is 18.3 Å². The van der Waals surface area contributed by atoms with Crippen molar-refractivity contribution >= 4 is 17.7 Å². The molecule has 0 aromatic carbocycles. The summed E-state index contributed by atoms with van der Waals surface area (Å²) in [6.07, 6.45) is 5.90. The summed E-state index contributed by atoms with van der Waals surface area (Å²) in [7, 11) is 0. The number of rotatable bonds is 9. The molecule has 1 aromatic heterocycles. The molecule has 0 aliphatic heterocycles. The molecule has 0 saturated heterocycles. The van der Waals surface area contributed by atoms with Crippen molar-refractivity contribution in [2.75, 3.05) is 18.9 Å². The van der Waals surface area contributed by atoms with Crippen molar-refractivity contribution in [3.05, 3.63) is 6.33 Å². The molecule has 6 nitrogen and oxygen atoms in total. The summed E-state index contributed by atoms with van der Waals surface area (Å²) < 4.78 is 2.06. The first kappa shape index (κ1) is 16.3. The van der Waals surface area contributed by atoms with Crippen molar-refractivity contribution in [3.8, 4) is 0 Å². The number of aliphatic hydroxyl groups excluding tert-OH is 1. The van der Waals surface area contributed by atoms with Crippen LogP contribution in [0.4, 0.5) is 0 Å². The van der Waals surface area contributed by atoms with E-state index in [1.54, 1.807) is 11.2 Å². The zero-order chi connectivity index (χ0) is 15.2. The maximum Gasteiger partial charge on any atom is 0.233 e. The first-order chi connectivity index (χ1) is 10.2. The molecule has 7 heteroatoms. The fourth-order valence-electron chi connectivity index (χ4n) is 2.50. The number of hydrogen-bond donors (Lipinski definition) is 1. The third-order valence-corrected chi connectivity index (χ3v) is 4.79. The molecule has 1 amide bonds. The lowest BCUT2D eigenvalue weighted by Gasteiger charge is -2.29. The third kappa shape index (κ3) is 4.20. The van der Waals surface area contributed by atoms with E-state index in [0.717, 1.165) is 18.0 Å². The Hall–Kier alpha value is -1.08. The van der Waals surface area contributed by atoms with Gasteiger partial charge in [-0.2, -0.15) is 0 Å². The van der Waals surface area contributed by atoms with Crippen molar-refractivity contribution < 1.29 is 9.90 Å². The molecule has 1 aliphatic carbocycles. The Morgan fingerprint density at radius 1 is 1.52 bits per heavy atom. The van der Waals surface area contributed by atoms with E-state index in [4.69, 9.17) is 0 Å². The summed E-state index contributed by atoms with van der Waals surface area (Å²) in [4.78, 5) is 14.2. The maximum absolute atomic E-state index is 12.4. The van der Waals surface area contributed by atoms with E-state index >= 15 is 0 Å². The molecule has 1 fully saturated rings. The van der Waals surface area contributed by atoms with Crippen LogP contribution in [0.2, 0.25) is 0 Å². The maximum atomic E-state index is 12.4. The van der Waals surface area contributed by atoms with E-state index in [2.05, 4.69) is 28.6 Å². The first-order valence-electron chi connectivity index (χ1n) is 7.63. The molecule has 1 aliphatic rings. The number of nitrogens with zero attached hydrogens (tertiary/aromatic N) is 4. The molecule has 0 unspecified atom stereocenters. The summed E-state index contributed by atoms with van der Waals surface area (Å²) in [6.45, 7) is 4.55. The lowest BCUT2D eigenvalue weighted by atomic mass is 10.1. The Kier molecular flexibility index (Phi) is 6.05. The van der Waals surface area contributed by atoms with Crippen LogP contribution in [-0.4, -0.2) is 55.6 Å². The van der Waals surface area contributed by atoms with E-state index in [-0.39, 0.29) is 18.6 Å². The van der Waals surface area contributed by atoms with Gasteiger partial charge in [-0.25, -0.2) is 0 Å². The normalized spacial score (nSPS) is 14.7. The topological polar surface area (TPSA) is 71.2 Å². The molecule has 2 rings (SSSR count). The fourth-order valence-corrected chi connectivity index (χ4v) is 3.36. The van der Waals surface area contributed by atoms with Gasteiger partial charge in [-0.05, 0) is 25.7 Å². The number of hydrogen-bond acceptors (Lipinski definition) is 5. The second-order valence-corrected chi connectivity index (χ2v) is 6.26. The molecular formula is C14H24N4O2S. The van der Waals surface area contributed by atoms with E-state index < -0.39 is 0 Å². The van der Waals surface area contributed by atoms with Crippen molar-refractivity contribution in [1.82, 2.24) is 19.7 Å². The molecule has 0 spiro atoms. The summed E-state index contributed by atoms with van der Waals surface area (Å²) in [6, 6.07) is 0.719. The number of thioether (sulfide) groups is 1.